The van der Waals surface area contributed by atoms with Crippen molar-refractivity contribution in [1.82, 2.24) is 93.0 Å². The average molecular weight is 1810 g/mol. The molecule has 3 aromatic carbocycles. The summed E-state index contributed by atoms with van der Waals surface area (Å²) < 4.78 is 0. The van der Waals surface area contributed by atoms with E-state index in [1.165, 1.54) is 62.1 Å². The molecule has 14 atom stereocenters. The highest BCUT2D eigenvalue weighted by Crippen LogP contribution is 2.28. The zero-order valence-electron chi connectivity index (χ0n) is 75.2. The summed E-state index contributed by atoms with van der Waals surface area (Å²) in [7, 11) is 4.05. The maximum absolute atomic E-state index is 15.6. The van der Waals surface area contributed by atoms with Gasteiger partial charge < -0.3 is 115 Å². The molecular formula is C89H128N20O19S. The second kappa shape index (κ2) is 48.8. The maximum Gasteiger partial charge on any atom is 0.246 e. The third-order valence-electron chi connectivity index (χ3n) is 23.3. The molecule has 129 heavy (non-hydrogen) atoms. The van der Waals surface area contributed by atoms with Gasteiger partial charge in [-0.05, 0) is 105 Å². The minimum atomic E-state index is -1.75. The summed E-state index contributed by atoms with van der Waals surface area (Å²) in [5.74, 6) is -16.2. The first-order chi connectivity index (χ1) is 61.4. The predicted octanol–water partition coefficient (Wildman–Crippen LogP) is -0.863. The number of phenols is 1. The SMILES string of the molecule is CCCC[C@H]1C(=O)N(C)[C@@H](CCCC)C(=O)N[C@@H](CC(C)C)C(=O)N[C@H](C(=O)NCC(=O)NCC)CSCC(=O)N[C@@H](Cc2ccc(O)cc2)C(=O)N(C)[C@@H](C)C(=O)N[C@@H](CC(N)=O)C(=O)N2CCC[C@H]2C(=O)N[C@@H](CN)C(=O)N[C@@H](CC(C)C)C(=O)N2C[C@H](O)C[C@H]2C(=O)N[C@@H](Cc2c[nH]c3ccccc23)C(=O)NCC(=O)NC(Cc2c[nH]c3ccccc23)C(=O)N1C. The Morgan fingerprint density at radius 1 is 0.543 bits per heavy atom. The quantitative estimate of drug-likeness (QED) is 0.0378. The first-order valence-corrected chi connectivity index (χ1v) is 45.3. The number of nitrogens with zero attached hydrogens (tertiary/aromatic N) is 5. The van der Waals surface area contributed by atoms with Gasteiger partial charge in [-0.2, -0.15) is 0 Å². The van der Waals surface area contributed by atoms with Crippen LogP contribution in [0, 0.1) is 11.8 Å². The van der Waals surface area contributed by atoms with Crippen molar-refractivity contribution in [3.8, 4) is 5.75 Å². The van der Waals surface area contributed by atoms with E-state index in [1.54, 1.807) is 83.4 Å². The number of nitrogens with one attached hydrogen (secondary N) is 13. The van der Waals surface area contributed by atoms with Gasteiger partial charge in [0.05, 0.1) is 31.4 Å². The van der Waals surface area contributed by atoms with Crippen molar-refractivity contribution in [2.24, 2.45) is 23.3 Å². The Bertz CT molecular complexity index is 4810. The van der Waals surface area contributed by atoms with Crippen LogP contribution in [0.1, 0.15) is 149 Å². The number of thioether (sulfide) groups is 1. The van der Waals surface area contributed by atoms with Crippen molar-refractivity contribution < 1.29 is 91.7 Å². The van der Waals surface area contributed by atoms with E-state index in [4.69, 9.17) is 11.5 Å². The second-order valence-corrected chi connectivity index (χ2v) is 35.1. The molecule has 0 spiro atoms. The number of fused-ring (bicyclic) bond motifs is 4. The second-order valence-electron chi connectivity index (χ2n) is 34.1. The molecular weight excluding hydrogens is 1690 g/mol. The first-order valence-electron chi connectivity index (χ1n) is 44.1. The number of benzene rings is 3. The van der Waals surface area contributed by atoms with Crippen LogP contribution in [-0.4, -0.2) is 302 Å². The number of H-pyrrole nitrogens is 2. The molecule has 3 fully saturated rings. The number of carbonyl (C=O) groups excluding carboxylic acids is 17. The number of unbranched alkanes of at least 4 members (excludes halogenated alkanes) is 2. The van der Waals surface area contributed by atoms with Gasteiger partial charge in [-0.15, -0.1) is 11.8 Å². The van der Waals surface area contributed by atoms with Crippen LogP contribution in [0.2, 0.25) is 0 Å². The summed E-state index contributed by atoms with van der Waals surface area (Å²) in [4.78, 5) is 260. The number of aromatic amines is 2. The number of hydrogen-bond donors (Lipinski definition) is 17. The number of para-hydroxylation sites is 2. The molecule has 2 aromatic heterocycles. The molecule has 5 heterocycles. The number of hydrogen-bond acceptors (Lipinski definition) is 21. The molecule has 0 bridgehead atoms. The van der Waals surface area contributed by atoms with Gasteiger partial charge in [-0.3, -0.25) is 81.5 Å². The highest BCUT2D eigenvalue weighted by atomic mass is 32.2. The molecule has 3 aliphatic rings. The highest BCUT2D eigenvalue weighted by Gasteiger charge is 2.46. The molecule has 5 aromatic rings. The topological polar surface area (TPSA) is 563 Å². The molecule has 19 N–H and O–H groups in total. The Morgan fingerprint density at radius 3 is 1.67 bits per heavy atom. The van der Waals surface area contributed by atoms with Crippen LogP contribution in [0.3, 0.4) is 0 Å². The number of aliphatic hydroxyl groups is 1. The van der Waals surface area contributed by atoms with Gasteiger partial charge in [0, 0.05) is 113 Å². The number of carbonyl (C=O) groups is 17. The van der Waals surface area contributed by atoms with Gasteiger partial charge in [-0.25, -0.2) is 0 Å². The van der Waals surface area contributed by atoms with Gasteiger partial charge in [0.2, 0.25) is 100 Å². The van der Waals surface area contributed by atoms with Crippen LogP contribution < -0.4 is 70.0 Å². The van der Waals surface area contributed by atoms with E-state index in [-0.39, 0.29) is 101 Å². The monoisotopic (exact) mass is 1810 g/mol. The summed E-state index contributed by atoms with van der Waals surface area (Å²) in [6, 6.07) is 1.03. The average Bonchev–Trinajstić information content (AvgIpc) is 1.75. The molecule has 0 aliphatic carbocycles. The summed E-state index contributed by atoms with van der Waals surface area (Å²) in [5, 5.41) is 52.2. The zero-order chi connectivity index (χ0) is 94.6. The smallest absolute Gasteiger partial charge is 0.246 e. The lowest BCUT2D eigenvalue weighted by atomic mass is 9.99. The van der Waals surface area contributed by atoms with Gasteiger partial charge in [0.1, 0.15) is 84.3 Å². The molecule has 39 nitrogen and oxygen atoms in total. The van der Waals surface area contributed by atoms with Crippen LogP contribution in [-0.2, 0) is 101 Å². The minimum Gasteiger partial charge on any atom is -0.508 e. The van der Waals surface area contributed by atoms with Crippen LogP contribution in [0.25, 0.3) is 21.8 Å². The highest BCUT2D eigenvalue weighted by molar-refractivity contribution is 8.00. The summed E-state index contributed by atoms with van der Waals surface area (Å²) >= 11 is 0.830. The zero-order valence-corrected chi connectivity index (χ0v) is 76.0. The lowest BCUT2D eigenvalue weighted by Gasteiger charge is -2.36. The molecule has 3 saturated heterocycles. The van der Waals surface area contributed by atoms with E-state index in [1.807, 2.05) is 26.0 Å². The normalized spacial score (nSPS) is 24.9. The number of primary amides is 1. The molecule has 1 unspecified atom stereocenters. The largest absolute Gasteiger partial charge is 0.508 e. The van der Waals surface area contributed by atoms with Gasteiger partial charge in [0.25, 0.3) is 0 Å². The van der Waals surface area contributed by atoms with Gasteiger partial charge >= 0.3 is 0 Å². The summed E-state index contributed by atoms with van der Waals surface area (Å²) in [6.45, 7) is 11.6. The van der Waals surface area contributed by atoms with E-state index in [9.17, 15) is 67.7 Å². The van der Waals surface area contributed by atoms with Crippen molar-refractivity contribution in [2.45, 2.75) is 236 Å². The maximum atomic E-state index is 15.6. The number of phenolic OH excluding ortho intramolecular Hbond substituents is 1. The number of rotatable bonds is 23. The number of aliphatic hydroxyl groups excluding tert-OH is 1. The Morgan fingerprint density at radius 2 is 1.07 bits per heavy atom. The fourth-order valence-corrected chi connectivity index (χ4v) is 17.0. The van der Waals surface area contributed by atoms with Gasteiger partial charge in [0.15, 0.2) is 0 Å². The third-order valence-corrected chi connectivity index (χ3v) is 24.3. The fraction of sp³-hybridized carbons (Fsp3) is 0.562. The van der Waals surface area contributed by atoms with Crippen molar-refractivity contribution in [1.29, 1.82) is 0 Å². The van der Waals surface area contributed by atoms with Crippen molar-refractivity contribution in [3.63, 3.8) is 0 Å². The molecule has 3 aliphatic heterocycles. The van der Waals surface area contributed by atoms with E-state index in [0.717, 1.165) is 26.5 Å². The van der Waals surface area contributed by atoms with Crippen molar-refractivity contribution in [2.75, 3.05) is 71.9 Å². The fourth-order valence-electron chi connectivity index (χ4n) is 16.2. The summed E-state index contributed by atoms with van der Waals surface area (Å²) in [5.41, 5.74) is 14.8. The van der Waals surface area contributed by atoms with E-state index >= 15 is 24.0 Å². The third kappa shape index (κ3) is 28.6. The molecule has 704 valence electrons. The molecule has 40 heteroatoms. The van der Waals surface area contributed by atoms with E-state index < -0.39 is 223 Å². The Labute approximate surface area is 754 Å². The predicted molar refractivity (Wildman–Crippen MR) is 480 cm³/mol. The van der Waals surface area contributed by atoms with E-state index in [2.05, 4.69) is 68.5 Å². The number of nitrogens with two attached hydrogens (primary N) is 2. The Kier molecular flexibility index (Phi) is 38.7. The molecule has 0 saturated carbocycles. The molecule has 8 rings (SSSR count). The molecule has 0 radical (unpaired) electrons. The number of aromatic nitrogens is 2. The van der Waals surface area contributed by atoms with E-state index in [0.29, 0.717) is 64.2 Å². The minimum absolute atomic E-state index is 0.00434. The Hall–Kier alpha value is -12.2. The number of aromatic hydroxyl groups is 1. The van der Waals surface area contributed by atoms with Crippen LogP contribution >= 0.6 is 11.8 Å². The van der Waals surface area contributed by atoms with Crippen molar-refractivity contribution >= 4 is 134 Å². The molecule has 17 amide bonds. The van der Waals surface area contributed by atoms with Gasteiger partial charge in [-0.1, -0.05) is 116 Å². The standard InChI is InChI=1S/C89H128N20O19S/c1-12-15-26-69-82(121)99-61(34-49(4)5)80(119)104-68(79(118)95-44-74(113)92-14-3)47-129-48-76(115)98-64(36-52-29-31-55(110)32-30-52)85(124)105(9)51(8)77(116)101-66(40-73(91)112)87(126)108-33-21-28-70(108)83(122)103-67(41-90)81(120)102-63(35-50(6)7)88(127)109-46-56(111)39-72(109)84(123)100-62(37-53-42-93-59-24-19-17-22-57(53)59)78(117)96-45-75(114)97-65(38-54-43-94-60-25-20-18-23-58(54)60)86(125)107(11)71(27-16-13-2)89(128)106(69)10/h17-20,22-25,29-32,42-43,49-51,56,61-72,93-94,110-111H,12-16,21,26-28,33-41,44-48,90H2,1-11H3,(H2,91,112)(H,92,113)(H,95,118)(H,96,117)(H,97,114)(H,98,115)(H,99,121)(H,100,123)(H,101,116)(H,102,120)(H,103,122)(H,104,119)/t51-,56+,61-,62-,63-,64-,65?,66-,67-,68-,69-,70-,71-,72-/m0/s1. The lowest BCUT2D eigenvalue weighted by Crippen LogP contribution is -2.61. The Balaban J connectivity index is 1.16. The summed E-state index contributed by atoms with van der Waals surface area (Å²) in [6.07, 6.45) is 2.40. The number of likely N-dealkylation sites (N-methyl/N-ethyl adjacent to an activating group) is 4. The lowest BCUT2D eigenvalue weighted by molar-refractivity contribution is -0.149. The number of amides is 17. The van der Waals surface area contributed by atoms with Crippen LogP contribution in [0.5, 0.6) is 5.75 Å². The van der Waals surface area contributed by atoms with Crippen LogP contribution in [0.4, 0.5) is 0 Å². The first kappa shape index (κ1) is 102. The van der Waals surface area contributed by atoms with Crippen LogP contribution in [0.15, 0.2) is 85.2 Å². The van der Waals surface area contributed by atoms with Crippen molar-refractivity contribution in [3.05, 3.63) is 102 Å².